The summed E-state index contributed by atoms with van der Waals surface area (Å²) >= 11 is 5.19. The van der Waals surface area contributed by atoms with Gasteiger partial charge in [-0.05, 0) is 41.9 Å². The van der Waals surface area contributed by atoms with Gasteiger partial charge in [-0.25, -0.2) is 0 Å². The summed E-state index contributed by atoms with van der Waals surface area (Å²) in [5.41, 5.74) is 5.89. The minimum Gasteiger partial charge on any atom is -0.329 e. The topological polar surface area (TPSA) is 53.0 Å². The summed E-state index contributed by atoms with van der Waals surface area (Å²) in [6.45, 7) is 5.63. The van der Waals surface area contributed by atoms with Crippen molar-refractivity contribution in [3.63, 3.8) is 0 Å². The van der Waals surface area contributed by atoms with Crippen molar-refractivity contribution < 1.29 is 0 Å². The van der Waals surface area contributed by atoms with Crippen molar-refractivity contribution in [3.05, 3.63) is 20.8 Å². The number of nitrogens with zero attached hydrogens (tertiary/aromatic N) is 2. The molecule has 1 unspecified atom stereocenters. The monoisotopic (exact) mass is 315 g/mol. The number of thiophene rings is 1. The molecule has 0 aliphatic rings. The fourth-order valence-electron chi connectivity index (χ4n) is 1.88. The lowest BCUT2D eigenvalue weighted by Crippen LogP contribution is -2.38. The first-order chi connectivity index (χ1) is 8.10. The summed E-state index contributed by atoms with van der Waals surface area (Å²) < 4.78 is 1.12. The molecule has 5 heteroatoms. The zero-order valence-corrected chi connectivity index (χ0v) is 12.6. The summed E-state index contributed by atoms with van der Waals surface area (Å²) in [4.78, 5) is 3.55. The Balaban J connectivity index is 2.85. The lowest BCUT2D eigenvalue weighted by Gasteiger charge is -2.33. The molecule has 0 amide bonds. The third-order valence-electron chi connectivity index (χ3n) is 2.69. The summed E-state index contributed by atoms with van der Waals surface area (Å²) in [5, 5.41) is 8.71. The summed E-state index contributed by atoms with van der Waals surface area (Å²) in [6.07, 6.45) is 0.543. The van der Waals surface area contributed by atoms with Crippen molar-refractivity contribution >= 4 is 27.3 Å². The Labute approximate surface area is 115 Å². The third-order valence-corrected chi connectivity index (χ3v) is 4.42. The maximum absolute atomic E-state index is 8.71. The first kappa shape index (κ1) is 14.7. The highest BCUT2D eigenvalue weighted by atomic mass is 79.9. The van der Waals surface area contributed by atoms with Gasteiger partial charge in [-0.15, -0.1) is 11.3 Å². The maximum Gasteiger partial charge on any atom is 0.0702 e. The van der Waals surface area contributed by atoms with Gasteiger partial charge in [-0.2, -0.15) is 5.26 Å². The van der Waals surface area contributed by atoms with Crippen LogP contribution in [0.25, 0.3) is 0 Å². The van der Waals surface area contributed by atoms with Gasteiger partial charge in [0.05, 0.1) is 15.9 Å². The van der Waals surface area contributed by atoms with Crippen LogP contribution in [0.2, 0.25) is 0 Å². The molecular formula is C12H18BrN3S. The van der Waals surface area contributed by atoms with Gasteiger partial charge in [-0.1, -0.05) is 0 Å². The second-order valence-electron chi connectivity index (χ2n) is 4.13. The lowest BCUT2D eigenvalue weighted by atomic mass is 10.1. The molecule has 1 heterocycles. The summed E-state index contributed by atoms with van der Waals surface area (Å²) in [7, 11) is 0. The standard InChI is InChI=1S/C12H18BrN3S/c1-9(2)16(7-3-6-14)10(8-15)11-4-5-12(13)17-11/h4-5,9-10H,3,7-8,15H2,1-2H3. The normalized spacial score (nSPS) is 13.0. The Morgan fingerprint density at radius 3 is 2.65 bits per heavy atom. The van der Waals surface area contributed by atoms with Crippen LogP contribution >= 0.6 is 27.3 Å². The number of hydrogen-bond donors (Lipinski definition) is 1. The van der Waals surface area contributed by atoms with Crippen LogP contribution in [0, 0.1) is 11.3 Å². The SMILES string of the molecule is CC(C)N(CCC#N)C(CN)c1ccc(Br)s1. The summed E-state index contributed by atoms with van der Waals surface area (Å²) in [6, 6.07) is 6.95. The Morgan fingerprint density at radius 1 is 1.53 bits per heavy atom. The predicted octanol–water partition coefficient (Wildman–Crippen LogP) is 3.13. The van der Waals surface area contributed by atoms with Crippen LogP contribution in [0.5, 0.6) is 0 Å². The van der Waals surface area contributed by atoms with E-state index in [1.165, 1.54) is 4.88 Å². The van der Waals surface area contributed by atoms with Crippen LogP contribution in [0.4, 0.5) is 0 Å². The van der Waals surface area contributed by atoms with Crippen molar-refractivity contribution in [2.24, 2.45) is 5.73 Å². The van der Waals surface area contributed by atoms with Crippen molar-refractivity contribution in [2.75, 3.05) is 13.1 Å². The van der Waals surface area contributed by atoms with Crippen LogP contribution in [-0.4, -0.2) is 24.0 Å². The highest BCUT2D eigenvalue weighted by molar-refractivity contribution is 9.11. The Bertz CT molecular complexity index is 383. The Hall–Kier alpha value is -0.410. The van der Waals surface area contributed by atoms with E-state index in [-0.39, 0.29) is 6.04 Å². The molecule has 0 spiro atoms. The molecule has 0 saturated carbocycles. The second-order valence-corrected chi connectivity index (χ2v) is 6.63. The molecule has 17 heavy (non-hydrogen) atoms. The number of hydrogen-bond acceptors (Lipinski definition) is 4. The van der Waals surface area contributed by atoms with Crippen LogP contribution < -0.4 is 5.73 Å². The van der Waals surface area contributed by atoms with Crippen molar-refractivity contribution in [3.8, 4) is 6.07 Å². The van der Waals surface area contributed by atoms with Crippen LogP contribution in [0.1, 0.15) is 31.2 Å². The zero-order chi connectivity index (χ0) is 12.8. The third kappa shape index (κ3) is 4.07. The highest BCUT2D eigenvalue weighted by Gasteiger charge is 2.22. The molecule has 1 aromatic rings. The highest BCUT2D eigenvalue weighted by Crippen LogP contribution is 2.31. The maximum atomic E-state index is 8.71. The van der Waals surface area contributed by atoms with E-state index in [1.54, 1.807) is 11.3 Å². The molecule has 0 aromatic carbocycles. The molecule has 1 atom stereocenters. The molecule has 0 saturated heterocycles. The Kier molecular flexibility index (Phi) is 6.14. The molecule has 1 aromatic heterocycles. The summed E-state index contributed by atoms with van der Waals surface area (Å²) in [5.74, 6) is 0. The lowest BCUT2D eigenvalue weighted by molar-refractivity contribution is 0.163. The Morgan fingerprint density at radius 2 is 2.24 bits per heavy atom. The van der Waals surface area contributed by atoms with E-state index in [4.69, 9.17) is 11.0 Å². The van der Waals surface area contributed by atoms with Crippen LogP contribution in [-0.2, 0) is 0 Å². The quantitative estimate of drug-likeness (QED) is 0.877. The van der Waals surface area contributed by atoms with E-state index in [0.717, 1.165) is 10.3 Å². The molecular weight excluding hydrogens is 298 g/mol. The van der Waals surface area contributed by atoms with Gasteiger partial charge in [0.25, 0.3) is 0 Å². The van der Waals surface area contributed by atoms with Gasteiger partial charge in [-0.3, -0.25) is 4.90 Å². The van der Waals surface area contributed by atoms with Gasteiger partial charge in [0.15, 0.2) is 0 Å². The minimum absolute atomic E-state index is 0.208. The molecule has 0 bridgehead atoms. The average molecular weight is 316 g/mol. The largest absolute Gasteiger partial charge is 0.329 e. The minimum atomic E-state index is 0.208. The zero-order valence-electron chi connectivity index (χ0n) is 10.2. The van der Waals surface area contributed by atoms with E-state index in [1.807, 2.05) is 6.07 Å². The van der Waals surface area contributed by atoms with Crippen molar-refractivity contribution in [2.45, 2.75) is 32.4 Å². The van der Waals surface area contributed by atoms with E-state index >= 15 is 0 Å². The fourth-order valence-corrected chi connectivity index (χ4v) is 3.43. The molecule has 2 N–H and O–H groups in total. The predicted molar refractivity (Wildman–Crippen MR) is 75.9 cm³/mol. The average Bonchev–Trinajstić information content (AvgIpc) is 2.70. The number of rotatable bonds is 6. The van der Waals surface area contributed by atoms with Gasteiger partial charge < -0.3 is 5.73 Å². The second kappa shape index (κ2) is 7.12. The molecule has 3 nitrogen and oxygen atoms in total. The van der Waals surface area contributed by atoms with Crippen molar-refractivity contribution in [1.82, 2.24) is 4.90 Å². The molecule has 94 valence electrons. The van der Waals surface area contributed by atoms with E-state index < -0.39 is 0 Å². The van der Waals surface area contributed by atoms with Gasteiger partial charge >= 0.3 is 0 Å². The van der Waals surface area contributed by atoms with Gasteiger partial charge in [0, 0.05) is 30.4 Å². The molecule has 0 aliphatic heterocycles. The number of nitriles is 1. The number of halogens is 1. The van der Waals surface area contributed by atoms with Crippen LogP contribution in [0.3, 0.4) is 0 Å². The van der Waals surface area contributed by atoms with Crippen LogP contribution in [0.15, 0.2) is 15.9 Å². The first-order valence-electron chi connectivity index (χ1n) is 5.68. The van der Waals surface area contributed by atoms with Crippen molar-refractivity contribution in [1.29, 1.82) is 5.26 Å². The van der Waals surface area contributed by atoms with Gasteiger partial charge in [0.2, 0.25) is 0 Å². The number of nitrogens with two attached hydrogens (primary N) is 1. The van der Waals surface area contributed by atoms with E-state index in [9.17, 15) is 0 Å². The van der Waals surface area contributed by atoms with E-state index in [0.29, 0.717) is 19.0 Å². The van der Waals surface area contributed by atoms with Gasteiger partial charge in [0.1, 0.15) is 0 Å². The molecule has 0 fully saturated rings. The molecule has 0 radical (unpaired) electrons. The smallest absolute Gasteiger partial charge is 0.0702 e. The molecule has 0 aliphatic carbocycles. The molecule has 1 rings (SSSR count). The van der Waals surface area contributed by atoms with E-state index in [2.05, 4.69) is 46.8 Å². The first-order valence-corrected chi connectivity index (χ1v) is 7.29. The fraction of sp³-hybridized carbons (Fsp3) is 0.583.